The van der Waals surface area contributed by atoms with Crippen molar-refractivity contribution >= 4 is 34.0 Å². The summed E-state index contributed by atoms with van der Waals surface area (Å²) in [5.41, 5.74) is 3.41. The Labute approximate surface area is 177 Å². The van der Waals surface area contributed by atoms with Gasteiger partial charge in [-0.2, -0.15) is 0 Å². The maximum atomic E-state index is 12.5. The molecule has 0 atom stereocenters. The molecule has 7 nitrogen and oxygen atoms in total. The first-order valence-electron chi connectivity index (χ1n) is 9.79. The Morgan fingerprint density at radius 3 is 2.97 bits per heavy atom. The van der Waals surface area contributed by atoms with E-state index in [0.29, 0.717) is 30.4 Å². The van der Waals surface area contributed by atoms with E-state index >= 15 is 0 Å². The second-order valence-corrected chi connectivity index (χ2v) is 7.79. The van der Waals surface area contributed by atoms with Crippen molar-refractivity contribution in [3.8, 4) is 22.1 Å². The van der Waals surface area contributed by atoms with Crippen LogP contribution >= 0.6 is 11.3 Å². The highest BCUT2D eigenvalue weighted by Gasteiger charge is 2.16. The second kappa shape index (κ2) is 7.79. The topological polar surface area (TPSA) is 78.3 Å². The summed E-state index contributed by atoms with van der Waals surface area (Å²) in [6, 6.07) is 9.39. The Balaban J connectivity index is 1.32. The van der Waals surface area contributed by atoms with E-state index in [4.69, 9.17) is 14.5 Å². The summed E-state index contributed by atoms with van der Waals surface area (Å²) < 4.78 is 13.2. The van der Waals surface area contributed by atoms with Crippen molar-refractivity contribution in [1.29, 1.82) is 0 Å². The van der Waals surface area contributed by atoms with Gasteiger partial charge >= 0.3 is 0 Å². The van der Waals surface area contributed by atoms with Gasteiger partial charge in [0.1, 0.15) is 23.9 Å². The average molecular weight is 420 g/mol. The van der Waals surface area contributed by atoms with E-state index in [1.807, 2.05) is 23.6 Å². The van der Waals surface area contributed by atoms with Crippen LogP contribution in [0.2, 0.25) is 0 Å². The lowest BCUT2D eigenvalue weighted by Crippen LogP contribution is -2.17. The van der Waals surface area contributed by atoms with Crippen molar-refractivity contribution in [1.82, 2.24) is 14.5 Å². The van der Waals surface area contributed by atoms with Crippen LogP contribution in [0.1, 0.15) is 12.6 Å². The highest BCUT2D eigenvalue weighted by molar-refractivity contribution is 7.13. The summed E-state index contributed by atoms with van der Waals surface area (Å²) in [4.78, 5) is 21.7. The normalized spacial score (nSPS) is 12.8. The molecular weight excluding hydrogens is 400 g/mol. The molecule has 0 saturated heterocycles. The van der Waals surface area contributed by atoms with Crippen molar-refractivity contribution in [3.05, 3.63) is 53.8 Å². The van der Waals surface area contributed by atoms with Gasteiger partial charge in [0.15, 0.2) is 11.5 Å². The third-order valence-electron chi connectivity index (χ3n) is 4.92. The first-order chi connectivity index (χ1) is 14.7. The molecule has 0 unspecified atom stereocenters. The number of amides is 1. The molecule has 1 aromatic carbocycles. The third-order valence-corrected chi connectivity index (χ3v) is 5.85. The predicted molar refractivity (Wildman–Crippen MR) is 116 cm³/mol. The van der Waals surface area contributed by atoms with Crippen molar-refractivity contribution < 1.29 is 14.3 Å². The van der Waals surface area contributed by atoms with Gasteiger partial charge in [-0.05, 0) is 31.2 Å². The molecule has 1 aliphatic heterocycles. The van der Waals surface area contributed by atoms with Gasteiger partial charge in [-0.1, -0.05) is 0 Å². The molecule has 0 saturated carbocycles. The number of benzene rings is 1. The van der Waals surface area contributed by atoms with Gasteiger partial charge in [-0.25, -0.2) is 9.97 Å². The van der Waals surface area contributed by atoms with Gasteiger partial charge in [0, 0.05) is 47.0 Å². The van der Waals surface area contributed by atoms with Crippen LogP contribution in [0, 0.1) is 0 Å². The number of aromatic nitrogens is 3. The second-order valence-electron chi connectivity index (χ2n) is 6.93. The Hall–Kier alpha value is -3.39. The fraction of sp³-hybridized carbons (Fsp3) is 0.227. The van der Waals surface area contributed by atoms with Crippen LogP contribution in [0.3, 0.4) is 0 Å². The summed E-state index contributed by atoms with van der Waals surface area (Å²) in [6.07, 6.45) is 4.08. The van der Waals surface area contributed by atoms with Crippen molar-refractivity contribution in [2.75, 3.05) is 18.5 Å². The van der Waals surface area contributed by atoms with Crippen molar-refractivity contribution in [2.24, 2.45) is 0 Å². The summed E-state index contributed by atoms with van der Waals surface area (Å²) in [7, 11) is 0. The lowest BCUT2D eigenvalue weighted by atomic mass is 10.2. The molecule has 0 spiro atoms. The molecule has 152 valence electrons. The standard InChI is InChI=1S/C22H20N4O3S/c1-2-26-12-17(16-4-3-7-23-21(16)26)22-25-15(13-30-22)11-20(27)24-14-5-6-18-19(10-14)29-9-8-28-18/h3-7,10,12-13H,2,8-9,11H2,1H3,(H,24,27). The van der Waals surface area contributed by atoms with Crippen LogP contribution in [0.15, 0.2) is 48.1 Å². The molecule has 4 heterocycles. The molecule has 5 rings (SSSR count). The van der Waals surface area contributed by atoms with E-state index in [1.165, 1.54) is 11.3 Å². The molecular formula is C22H20N4O3S. The maximum absolute atomic E-state index is 12.5. The molecule has 4 aromatic rings. The van der Waals surface area contributed by atoms with Crippen LogP contribution in [0.25, 0.3) is 21.6 Å². The molecule has 30 heavy (non-hydrogen) atoms. The van der Waals surface area contributed by atoms with E-state index < -0.39 is 0 Å². The quantitative estimate of drug-likeness (QED) is 0.525. The van der Waals surface area contributed by atoms with Crippen molar-refractivity contribution in [2.45, 2.75) is 19.9 Å². The Kier molecular flexibility index (Phi) is 4.84. The number of aryl methyl sites for hydroxylation is 1. The van der Waals surface area contributed by atoms with Crippen molar-refractivity contribution in [3.63, 3.8) is 0 Å². The van der Waals surface area contributed by atoms with Gasteiger partial charge in [0.05, 0.1) is 12.1 Å². The molecule has 1 N–H and O–H groups in total. The number of pyridine rings is 1. The number of nitrogens with zero attached hydrogens (tertiary/aromatic N) is 3. The Morgan fingerprint density at radius 2 is 2.10 bits per heavy atom. The molecule has 3 aromatic heterocycles. The number of rotatable bonds is 5. The molecule has 0 radical (unpaired) electrons. The predicted octanol–water partition coefficient (Wildman–Crippen LogP) is 4.13. The zero-order valence-electron chi connectivity index (χ0n) is 16.4. The van der Waals surface area contributed by atoms with Crippen LogP contribution in [0.5, 0.6) is 11.5 Å². The van der Waals surface area contributed by atoms with Crippen LogP contribution in [-0.4, -0.2) is 33.7 Å². The minimum atomic E-state index is -0.124. The first-order valence-corrected chi connectivity index (χ1v) is 10.7. The fourth-order valence-corrected chi connectivity index (χ4v) is 4.38. The Morgan fingerprint density at radius 1 is 1.23 bits per heavy atom. The SMILES string of the molecule is CCn1cc(-c2nc(CC(=O)Nc3ccc4c(c3)OCCO4)cs2)c2cccnc21. The van der Waals surface area contributed by atoms with Gasteiger partial charge in [0.2, 0.25) is 5.91 Å². The van der Waals surface area contributed by atoms with Gasteiger partial charge in [-0.15, -0.1) is 11.3 Å². The number of carbonyl (C=O) groups is 1. The number of hydrogen-bond donors (Lipinski definition) is 1. The third kappa shape index (κ3) is 3.50. The fourth-order valence-electron chi connectivity index (χ4n) is 3.54. The van der Waals surface area contributed by atoms with E-state index in [9.17, 15) is 4.79 Å². The number of ether oxygens (including phenoxy) is 2. The van der Waals surface area contributed by atoms with Gasteiger partial charge in [-0.3, -0.25) is 4.79 Å². The van der Waals surface area contributed by atoms with E-state index in [0.717, 1.165) is 33.8 Å². The zero-order valence-corrected chi connectivity index (χ0v) is 17.2. The largest absolute Gasteiger partial charge is 0.486 e. The summed E-state index contributed by atoms with van der Waals surface area (Å²) >= 11 is 1.54. The lowest BCUT2D eigenvalue weighted by Gasteiger charge is -2.18. The summed E-state index contributed by atoms with van der Waals surface area (Å²) in [5, 5.41) is 6.80. The summed E-state index contributed by atoms with van der Waals surface area (Å²) in [6.45, 7) is 3.98. The van der Waals surface area contributed by atoms with Crippen LogP contribution < -0.4 is 14.8 Å². The zero-order chi connectivity index (χ0) is 20.5. The maximum Gasteiger partial charge on any atom is 0.230 e. The number of fused-ring (bicyclic) bond motifs is 2. The van der Waals surface area contributed by atoms with Gasteiger partial charge in [0.25, 0.3) is 0 Å². The Bertz CT molecular complexity index is 1230. The number of hydrogen-bond acceptors (Lipinski definition) is 6. The van der Waals surface area contributed by atoms with E-state index in [2.05, 4.69) is 34.1 Å². The molecule has 0 aliphatic carbocycles. The van der Waals surface area contributed by atoms with E-state index in [-0.39, 0.29) is 12.3 Å². The smallest absolute Gasteiger partial charge is 0.230 e. The molecule has 1 aliphatic rings. The summed E-state index contributed by atoms with van der Waals surface area (Å²) in [5.74, 6) is 1.22. The molecule has 1 amide bonds. The average Bonchev–Trinajstić information content (AvgIpc) is 3.37. The lowest BCUT2D eigenvalue weighted by molar-refractivity contribution is -0.115. The van der Waals surface area contributed by atoms with E-state index in [1.54, 1.807) is 12.3 Å². The van der Waals surface area contributed by atoms with Gasteiger partial charge < -0.3 is 19.4 Å². The molecule has 8 heteroatoms. The monoisotopic (exact) mass is 420 g/mol. The molecule has 0 fully saturated rings. The van der Waals surface area contributed by atoms with Crippen LogP contribution in [0.4, 0.5) is 5.69 Å². The molecule has 0 bridgehead atoms. The number of thiazole rings is 1. The first kappa shape index (κ1) is 18.6. The number of nitrogens with one attached hydrogen (secondary N) is 1. The van der Waals surface area contributed by atoms with Crippen LogP contribution in [-0.2, 0) is 17.8 Å². The number of carbonyl (C=O) groups excluding carboxylic acids is 1. The minimum Gasteiger partial charge on any atom is -0.486 e. The highest BCUT2D eigenvalue weighted by atomic mass is 32.1. The minimum absolute atomic E-state index is 0.124. The highest BCUT2D eigenvalue weighted by Crippen LogP contribution is 2.33. The number of anilines is 1.